The molecule has 0 aromatic carbocycles. The Balaban J connectivity index is 2.48. The molecule has 0 amide bonds. The molecule has 1 aromatic rings. The fourth-order valence-corrected chi connectivity index (χ4v) is 2.13. The highest BCUT2D eigenvalue weighted by molar-refractivity contribution is 6.76. The number of aryl methyl sites for hydroxylation is 1. The molecule has 0 saturated heterocycles. The molecule has 0 radical (unpaired) electrons. The van der Waals surface area contributed by atoms with Gasteiger partial charge in [-0.3, -0.25) is 0 Å². The summed E-state index contributed by atoms with van der Waals surface area (Å²) in [4.78, 5) is 11.3. The largest absolute Gasteiger partial charge is 0.464 e. The van der Waals surface area contributed by atoms with E-state index in [-0.39, 0.29) is 0 Å². The number of methoxy groups -OCH3 is 1. The summed E-state index contributed by atoms with van der Waals surface area (Å²) in [5, 5.41) is 4.14. The highest BCUT2D eigenvalue weighted by Crippen LogP contribution is 2.09. The summed E-state index contributed by atoms with van der Waals surface area (Å²) in [7, 11) is 0.292. The van der Waals surface area contributed by atoms with Crippen molar-refractivity contribution in [1.29, 1.82) is 0 Å². The standard InChI is InChI=1S/C12H22N2O3Si/c1-10-8-11(12(15)16-2)13-14(10)9-17-6-7-18(3,4)5/h8H,6-7,9H2,1-5H3. The number of ether oxygens (including phenoxy) is 2. The van der Waals surface area contributed by atoms with Gasteiger partial charge in [-0.15, -0.1) is 0 Å². The van der Waals surface area contributed by atoms with Crippen molar-refractivity contribution < 1.29 is 14.3 Å². The minimum atomic E-state index is -1.06. The van der Waals surface area contributed by atoms with E-state index in [0.717, 1.165) is 18.3 Å². The first-order valence-corrected chi connectivity index (χ1v) is 9.75. The summed E-state index contributed by atoms with van der Waals surface area (Å²) < 4.78 is 11.9. The Bertz CT molecular complexity index is 410. The Morgan fingerprint density at radius 2 is 2.11 bits per heavy atom. The maximum atomic E-state index is 11.3. The molecule has 18 heavy (non-hydrogen) atoms. The Morgan fingerprint density at radius 3 is 2.67 bits per heavy atom. The van der Waals surface area contributed by atoms with E-state index in [4.69, 9.17) is 4.74 Å². The first kappa shape index (κ1) is 14.9. The molecule has 1 rings (SSSR count). The molecule has 0 unspecified atom stereocenters. The zero-order valence-electron chi connectivity index (χ0n) is 11.8. The van der Waals surface area contributed by atoms with Crippen LogP contribution in [0.15, 0.2) is 6.07 Å². The normalized spacial score (nSPS) is 11.6. The second kappa shape index (κ2) is 6.15. The quantitative estimate of drug-likeness (QED) is 0.452. The van der Waals surface area contributed by atoms with Crippen LogP contribution in [-0.2, 0) is 16.2 Å². The first-order valence-electron chi connectivity index (χ1n) is 6.04. The fourth-order valence-electron chi connectivity index (χ4n) is 1.37. The van der Waals surface area contributed by atoms with E-state index < -0.39 is 14.0 Å². The smallest absolute Gasteiger partial charge is 0.358 e. The van der Waals surface area contributed by atoms with Crippen molar-refractivity contribution >= 4 is 14.0 Å². The summed E-state index contributed by atoms with van der Waals surface area (Å²) in [5.41, 5.74) is 1.21. The van der Waals surface area contributed by atoms with Gasteiger partial charge in [0.05, 0.1) is 7.11 Å². The molecule has 0 N–H and O–H groups in total. The van der Waals surface area contributed by atoms with Crippen LogP contribution in [0.1, 0.15) is 16.2 Å². The van der Waals surface area contributed by atoms with E-state index >= 15 is 0 Å². The van der Waals surface area contributed by atoms with E-state index in [2.05, 4.69) is 29.5 Å². The molecule has 0 aliphatic rings. The van der Waals surface area contributed by atoms with Gasteiger partial charge in [0.15, 0.2) is 5.69 Å². The van der Waals surface area contributed by atoms with Gasteiger partial charge in [0.1, 0.15) is 6.73 Å². The number of esters is 1. The fraction of sp³-hybridized carbons (Fsp3) is 0.667. The minimum absolute atomic E-state index is 0.323. The maximum absolute atomic E-state index is 11.3. The number of carbonyl (C=O) groups is 1. The monoisotopic (exact) mass is 270 g/mol. The molecule has 0 saturated carbocycles. The zero-order chi connectivity index (χ0) is 13.8. The third-order valence-electron chi connectivity index (χ3n) is 2.59. The summed E-state index contributed by atoms with van der Waals surface area (Å²) in [6, 6.07) is 2.82. The molecule has 1 aromatic heterocycles. The third kappa shape index (κ3) is 4.62. The van der Waals surface area contributed by atoms with Crippen molar-refractivity contribution in [1.82, 2.24) is 9.78 Å². The average molecular weight is 270 g/mol. The van der Waals surface area contributed by atoms with Crippen LogP contribution in [0.25, 0.3) is 0 Å². The van der Waals surface area contributed by atoms with Crippen molar-refractivity contribution in [3.8, 4) is 0 Å². The second-order valence-corrected chi connectivity index (χ2v) is 11.1. The van der Waals surface area contributed by atoms with Gasteiger partial charge in [0.25, 0.3) is 0 Å². The predicted octanol–water partition coefficient (Wildman–Crippen LogP) is 2.29. The predicted molar refractivity (Wildman–Crippen MR) is 72.4 cm³/mol. The topological polar surface area (TPSA) is 53.4 Å². The van der Waals surface area contributed by atoms with Gasteiger partial charge in [-0.1, -0.05) is 19.6 Å². The van der Waals surface area contributed by atoms with Gasteiger partial charge in [0, 0.05) is 20.4 Å². The molecule has 0 spiro atoms. The second-order valence-electron chi connectivity index (χ2n) is 5.51. The van der Waals surface area contributed by atoms with Gasteiger partial charge in [-0.25, -0.2) is 9.48 Å². The Labute approximate surface area is 109 Å². The molecule has 102 valence electrons. The molecule has 0 aliphatic carbocycles. The van der Waals surface area contributed by atoms with E-state index in [1.165, 1.54) is 7.11 Å². The van der Waals surface area contributed by atoms with Gasteiger partial charge in [-0.2, -0.15) is 5.10 Å². The van der Waals surface area contributed by atoms with E-state index in [1.54, 1.807) is 10.7 Å². The van der Waals surface area contributed by atoms with Crippen LogP contribution in [0.5, 0.6) is 0 Å². The molecular weight excluding hydrogens is 248 g/mol. The molecule has 5 nitrogen and oxygen atoms in total. The van der Waals surface area contributed by atoms with E-state index in [1.807, 2.05) is 6.92 Å². The molecule has 0 aliphatic heterocycles. The first-order chi connectivity index (χ1) is 8.33. The van der Waals surface area contributed by atoms with Crippen LogP contribution >= 0.6 is 0 Å². The van der Waals surface area contributed by atoms with Gasteiger partial charge >= 0.3 is 5.97 Å². The zero-order valence-corrected chi connectivity index (χ0v) is 12.8. The summed E-state index contributed by atoms with van der Waals surface area (Å²) in [5.74, 6) is -0.418. The Hall–Kier alpha value is -1.14. The maximum Gasteiger partial charge on any atom is 0.358 e. The molecule has 6 heteroatoms. The van der Waals surface area contributed by atoms with Crippen molar-refractivity contribution in [2.75, 3.05) is 13.7 Å². The van der Waals surface area contributed by atoms with Crippen LogP contribution < -0.4 is 0 Å². The number of hydrogen-bond acceptors (Lipinski definition) is 4. The SMILES string of the molecule is COC(=O)c1cc(C)n(COCC[Si](C)(C)C)n1. The van der Waals surface area contributed by atoms with Gasteiger partial charge in [0.2, 0.25) is 0 Å². The molecular formula is C12H22N2O3Si. The van der Waals surface area contributed by atoms with Crippen LogP contribution in [-0.4, -0.2) is 37.5 Å². The highest BCUT2D eigenvalue weighted by Gasteiger charge is 2.14. The summed E-state index contributed by atoms with van der Waals surface area (Å²) in [6.07, 6.45) is 0. The highest BCUT2D eigenvalue weighted by atomic mass is 28.3. The molecule has 0 fully saturated rings. The molecule has 1 heterocycles. The van der Waals surface area contributed by atoms with Crippen LogP contribution in [0.4, 0.5) is 0 Å². The number of nitrogens with zero attached hydrogens (tertiary/aromatic N) is 2. The van der Waals surface area contributed by atoms with Crippen molar-refractivity contribution in [3.63, 3.8) is 0 Å². The Kier molecular flexibility index (Phi) is 5.10. The van der Waals surface area contributed by atoms with E-state index in [0.29, 0.717) is 12.4 Å². The van der Waals surface area contributed by atoms with Gasteiger partial charge < -0.3 is 9.47 Å². The van der Waals surface area contributed by atoms with Gasteiger partial charge in [-0.05, 0) is 19.0 Å². The van der Waals surface area contributed by atoms with Crippen LogP contribution in [0.3, 0.4) is 0 Å². The van der Waals surface area contributed by atoms with E-state index in [9.17, 15) is 4.79 Å². The number of hydrogen-bond donors (Lipinski definition) is 0. The Morgan fingerprint density at radius 1 is 1.44 bits per heavy atom. The third-order valence-corrected chi connectivity index (χ3v) is 4.29. The van der Waals surface area contributed by atoms with Crippen LogP contribution in [0.2, 0.25) is 25.7 Å². The summed E-state index contributed by atoms with van der Waals surface area (Å²) >= 11 is 0. The lowest BCUT2D eigenvalue weighted by atomic mass is 10.4. The van der Waals surface area contributed by atoms with Crippen molar-refractivity contribution in [3.05, 3.63) is 17.5 Å². The minimum Gasteiger partial charge on any atom is -0.464 e. The lowest BCUT2D eigenvalue weighted by Gasteiger charge is -2.15. The van der Waals surface area contributed by atoms with Crippen LogP contribution in [0, 0.1) is 6.92 Å². The average Bonchev–Trinajstić information content (AvgIpc) is 2.64. The van der Waals surface area contributed by atoms with Crippen molar-refractivity contribution in [2.24, 2.45) is 0 Å². The lowest BCUT2D eigenvalue weighted by molar-refractivity contribution is 0.0582. The number of carbonyl (C=O) groups excluding carboxylic acids is 1. The molecule has 0 bridgehead atoms. The molecule has 0 atom stereocenters. The van der Waals surface area contributed by atoms with Crippen molar-refractivity contribution in [2.45, 2.75) is 39.3 Å². The number of aromatic nitrogens is 2. The number of rotatable bonds is 6. The summed E-state index contributed by atoms with van der Waals surface area (Å²) in [6.45, 7) is 9.94. The lowest BCUT2D eigenvalue weighted by Crippen LogP contribution is -2.22.